The van der Waals surface area contributed by atoms with Crippen molar-refractivity contribution in [2.75, 3.05) is 0 Å². The average molecular weight is 118 g/mol. The van der Waals surface area contributed by atoms with E-state index in [2.05, 4.69) is 0 Å². The Balaban J connectivity index is -0.0000000450. The Morgan fingerprint density at radius 3 is 1.67 bits per heavy atom. The van der Waals surface area contributed by atoms with Crippen molar-refractivity contribution >= 4 is 45.4 Å². The molecular formula is C2H8NaO2P. The molecule has 34 valence electrons. The first kappa shape index (κ1) is 15.8. The summed E-state index contributed by atoms with van der Waals surface area (Å²) in [5, 5.41) is 7.42. The van der Waals surface area contributed by atoms with Crippen LogP contribution < -0.4 is 0 Å². The van der Waals surface area contributed by atoms with Gasteiger partial charge in [0.1, 0.15) is 0 Å². The average Bonchev–Trinajstić information content (AvgIpc) is 0.811. The molecule has 0 aromatic heterocycles. The number of carboxylic acids is 1. The fraction of sp³-hybridized carbons (Fsp3) is 0.500. The second-order valence-corrected chi connectivity index (χ2v) is 0.519. The van der Waals surface area contributed by atoms with Crippen molar-refractivity contribution in [3.05, 3.63) is 0 Å². The van der Waals surface area contributed by atoms with Crippen LogP contribution in [0.5, 0.6) is 0 Å². The van der Waals surface area contributed by atoms with Crippen molar-refractivity contribution in [1.82, 2.24) is 0 Å². The molecule has 0 aliphatic heterocycles. The van der Waals surface area contributed by atoms with Gasteiger partial charge in [-0.25, -0.2) is 0 Å². The maximum absolute atomic E-state index is 9.00. The van der Waals surface area contributed by atoms with E-state index in [1.165, 1.54) is 0 Å². The van der Waals surface area contributed by atoms with Crippen LogP contribution in [0.4, 0.5) is 0 Å². The fourth-order valence-corrected chi connectivity index (χ4v) is 0. The molecule has 0 aromatic rings. The summed E-state index contributed by atoms with van der Waals surface area (Å²) in [5.41, 5.74) is 0. The molecule has 0 bridgehead atoms. The SMILES string of the molecule is CC(=O)O.P.[NaH]. The zero-order valence-electron chi connectivity index (χ0n) is 3.06. The number of hydrogen-bond donors (Lipinski definition) is 1. The zero-order valence-corrected chi connectivity index (χ0v) is 4.48. The van der Waals surface area contributed by atoms with Gasteiger partial charge < -0.3 is 5.11 Å². The van der Waals surface area contributed by atoms with Crippen molar-refractivity contribution < 1.29 is 9.90 Å². The molecule has 0 saturated heterocycles. The third-order valence-corrected chi connectivity index (χ3v) is 0. The second-order valence-electron chi connectivity index (χ2n) is 0.519. The summed E-state index contributed by atoms with van der Waals surface area (Å²) in [5.74, 6) is -0.833. The zero-order chi connectivity index (χ0) is 3.58. The van der Waals surface area contributed by atoms with E-state index in [4.69, 9.17) is 9.90 Å². The van der Waals surface area contributed by atoms with Gasteiger partial charge in [-0.1, -0.05) is 0 Å². The van der Waals surface area contributed by atoms with E-state index < -0.39 is 5.97 Å². The van der Waals surface area contributed by atoms with Gasteiger partial charge in [-0.2, -0.15) is 9.90 Å². The van der Waals surface area contributed by atoms with Gasteiger partial charge in [-0.3, -0.25) is 4.79 Å². The molecule has 0 aliphatic carbocycles. The van der Waals surface area contributed by atoms with E-state index in [1.54, 1.807) is 0 Å². The molecule has 0 heterocycles. The molecule has 2 nitrogen and oxygen atoms in total. The quantitative estimate of drug-likeness (QED) is 0.344. The van der Waals surface area contributed by atoms with Gasteiger partial charge >= 0.3 is 29.6 Å². The van der Waals surface area contributed by atoms with Crippen LogP contribution in [0.15, 0.2) is 0 Å². The number of carbonyl (C=O) groups is 1. The van der Waals surface area contributed by atoms with Crippen LogP contribution in [-0.4, -0.2) is 40.6 Å². The van der Waals surface area contributed by atoms with E-state index >= 15 is 0 Å². The van der Waals surface area contributed by atoms with Crippen molar-refractivity contribution in [1.29, 1.82) is 0 Å². The first-order valence-corrected chi connectivity index (χ1v) is 0.928. The molecule has 4 heteroatoms. The van der Waals surface area contributed by atoms with Crippen LogP contribution in [0, 0.1) is 0 Å². The maximum atomic E-state index is 9.00. The van der Waals surface area contributed by atoms with Crippen LogP contribution in [0.25, 0.3) is 0 Å². The normalized spacial score (nSPS) is 4.17. The van der Waals surface area contributed by atoms with Gasteiger partial charge in [0.25, 0.3) is 5.97 Å². The summed E-state index contributed by atoms with van der Waals surface area (Å²) in [7, 11) is 0. The van der Waals surface area contributed by atoms with Crippen LogP contribution in [0.2, 0.25) is 0 Å². The Morgan fingerprint density at radius 2 is 1.67 bits per heavy atom. The monoisotopic (exact) mass is 118 g/mol. The standard InChI is InChI=1S/C2H4O2.Na.H3P.H/c1-2(3)4;;;/h1H3,(H,3,4);;1H3;. The second kappa shape index (κ2) is 9.31. The first-order chi connectivity index (χ1) is 1.73. The van der Waals surface area contributed by atoms with Gasteiger partial charge in [0, 0.05) is 6.92 Å². The van der Waals surface area contributed by atoms with Crippen LogP contribution in [0.1, 0.15) is 6.92 Å². The van der Waals surface area contributed by atoms with Gasteiger partial charge in [0.05, 0.1) is 0 Å². The third kappa shape index (κ3) is 92.0. The van der Waals surface area contributed by atoms with Crippen molar-refractivity contribution in [2.24, 2.45) is 0 Å². The van der Waals surface area contributed by atoms with Crippen molar-refractivity contribution in [2.45, 2.75) is 6.92 Å². The predicted octanol–water partition coefficient (Wildman–Crippen LogP) is -0.500. The van der Waals surface area contributed by atoms with Crippen LogP contribution in [0.3, 0.4) is 0 Å². The molecule has 0 rings (SSSR count). The fourth-order valence-electron chi connectivity index (χ4n) is 0. The number of carboxylic acid groups (broad SMARTS) is 1. The molecule has 0 aliphatic rings. The van der Waals surface area contributed by atoms with E-state index in [1.807, 2.05) is 0 Å². The minimum absolute atomic E-state index is 0. The molecule has 0 amide bonds. The number of hydrogen-bond acceptors (Lipinski definition) is 1. The van der Waals surface area contributed by atoms with Crippen molar-refractivity contribution in [3.63, 3.8) is 0 Å². The summed E-state index contributed by atoms with van der Waals surface area (Å²) in [4.78, 5) is 9.00. The van der Waals surface area contributed by atoms with Gasteiger partial charge in [0.2, 0.25) is 0 Å². The van der Waals surface area contributed by atoms with E-state index in [9.17, 15) is 0 Å². The Hall–Kier alpha value is 0.900. The van der Waals surface area contributed by atoms with Crippen LogP contribution >= 0.6 is 9.90 Å². The predicted molar refractivity (Wildman–Crippen MR) is 31.6 cm³/mol. The topological polar surface area (TPSA) is 37.3 Å². The molecule has 1 atom stereocenters. The molecule has 0 aromatic carbocycles. The molecular weight excluding hydrogens is 110 g/mol. The minimum atomic E-state index is -0.833. The first-order valence-electron chi connectivity index (χ1n) is 0.928. The molecule has 0 saturated carbocycles. The number of rotatable bonds is 0. The Bertz CT molecular complexity index is 34.5. The van der Waals surface area contributed by atoms with Crippen molar-refractivity contribution in [3.8, 4) is 0 Å². The molecule has 6 heavy (non-hydrogen) atoms. The third-order valence-electron chi connectivity index (χ3n) is 0. The summed E-state index contributed by atoms with van der Waals surface area (Å²) in [6.07, 6.45) is 0. The van der Waals surface area contributed by atoms with Gasteiger partial charge in [-0.15, -0.1) is 0 Å². The van der Waals surface area contributed by atoms with Crippen LogP contribution in [-0.2, 0) is 4.79 Å². The Morgan fingerprint density at radius 1 is 1.67 bits per heavy atom. The summed E-state index contributed by atoms with van der Waals surface area (Å²) >= 11 is 0. The molecule has 0 radical (unpaired) electrons. The van der Waals surface area contributed by atoms with E-state index in [0.717, 1.165) is 6.92 Å². The molecule has 1 N–H and O–H groups in total. The Kier molecular flexibility index (Phi) is 24.5. The Labute approximate surface area is 62.2 Å². The van der Waals surface area contributed by atoms with Gasteiger partial charge in [-0.05, 0) is 0 Å². The summed E-state index contributed by atoms with van der Waals surface area (Å²) in [6, 6.07) is 0. The van der Waals surface area contributed by atoms with Gasteiger partial charge in [0.15, 0.2) is 0 Å². The molecule has 0 spiro atoms. The summed E-state index contributed by atoms with van der Waals surface area (Å²) in [6.45, 7) is 1.08. The summed E-state index contributed by atoms with van der Waals surface area (Å²) < 4.78 is 0. The molecule has 1 unspecified atom stereocenters. The van der Waals surface area contributed by atoms with E-state index in [-0.39, 0.29) is 39.5 Å². The van der Waals surface area contributed by atoms with E-state index in [0.29, 0.717) is 0 Å². The number of aliphatic carboxylic acids is 1. The molecule has 0 fully saturated rings.